The topological polar surface area (TPSA) is 49.9 Å². The molecule has 0 saturated carbocycles. The molecular formula is C11H14N2. The summed E-state index contributed by atoms with van der Waals surface area (Å²) in [6, 6.07) is 8.16. The van der Waals surface area contributed by atoms with E-state index in [1.54, 1.807) is 6.08 Å². The van der Waals surface area contributed by atoms with Crippen LogP contribution >= 0.6 is 0 Å². The maximum Gasteiger partial charge on any atom is 0.115 e. The lowest BCUT2D eigenvalue weighted by molar-refractivity contribution is 1.43. The summed E-state index contributed by atoms with van der Waals surface area (Å²) >= 11 is 0. The van der Waals surface area contributed by atoms with E-state index in [-0.39, 0.29) is 5.84 Å². The summed E-state index contributed by atoms with van der Waals surface area (Å²) in [5.74, 6) is 0.0954. The van der Waals surface area contributed by atoms with Gasteiger partial charge in [-0.15, -0.1) is 0 Å². The van der Waals surface area contributed by atoms with E-state index in [1.807, 2.05) is 38.1 Å². The summed E-state index contributed by atoms with van der Waals surface area (Å²) in [5.41, 5.74) is 8.64. The van der Waals surface area contributed by atoms with Gasteiger partial charge in [-0.05, 0) is 31.1 Å². The number of nitrogens with two attached hydrogens (primary N) is 1. The lowest BCUT2D eigenvalue weighted by Gasteiger charge is -2.01. The molecule has 0 atom stereocenters. The normalized spacial score (nSPS) is 11.4. The minimum atomic E-state index is 0.0954. The van der Waals surface area contributed by atoms with Crippen LogP contribution in [0.2, 0.25) is 0 Å². The third kappa shape index (κ3) is 2.75. The Kier molecular flexibility index (Phi) is 2.85. The molecule has 1 aromatic rings. The Balaban J connectivity index is 2.96. The summed E-state index contributed by atoms with van der Waals surface area (Å²) in [4.78, 5) is 0. The quantitative estimate of drug-likeness (QED) is 0.524. The van der Waals surface area contributed by atoms with E-state index in [0.717, 1.165) is 11.1 Å². The number of benzene rings is 1. The van der Waals surface area contributed by atoms with E-state index in [9.17, 15) is 0 Å². The second-order valence-electron chi connectivity index (χ2n) is 3.15. The summed E-state index contributed by atoms with van der Waals surface area (Å²) in [7, 11) is 0. The third-order valence-corrected chi connectivity index (χ3v) is 1.88. The standard InChI is InChI=1S/C11H14N2/c1-8-3-5-10(6-4-8)9(2)7-11(12)13/h3-7H,1-2H3,(H3,12,13)/b9-7+. The van der Waals surface area contributed by atoms with Gasteiger partial charge in [-0.1, -0.05) is 29.8 Å². The fourth-order valence-corrected chi connectivity index (χ4v) is 1.13. The lowest BCUT2D eigenvalue weighted by atomic mass is 10.1. The van der Waals surface area contributed by atoms with Crippen LogP contribution in [0.1, 0.15) is 18.1 Å². The Hall–Kier alpha value is -1.57. The molecule has 0 radical (unpaired) electrons. The SMILES string of the molecule is C/C(=C\C(=N)N)c1ccc(C)cc1. The molecule has 0 aliphatic carbocycles. The van der Waals surface area contributed by atoms with Crippen LogP contribution in [0.3, 0.4) is 0 Å². The van der Waals surface area contributed by atoms with Gasteiger partial charge in [0.1, 0.15) is 5.84 Å². The molecule has 0 heterocycles. The number of hydrogen-bond acceptors (Lipinski definition) is 1. The molecule has 0 aromatic heterocycles. The van der Waals surface area contributed by atoms with E-state index in [4.69, 9.17) is 11.1 Å². The zero-order valence-electron chi connectivity index (χ0n) is 7.96. The second kappa shape index (κ2) is 3.90. The van der Waals surface area contributed by atoms with Gasteiger partial charge < -0.3 is 5.73 Å². The number of allylic oxidation sites excluding steroid dienone is 1. The first-order valence-electron chi connectivity index (χ1n) is 4.19. The number of amidine groups is 1. The van der Waals surface area contributed by atoms with Gasteiger partial charge in [0.25, 0.3) is 0 Å². The van der Waals surface area contributed by atoms with Crippen LogP contribution in [0.15, 0.2) is 30.3 Å². The van der Waals surface area contributed by atoms with Crippen molar-refractivity contribution in [2.24, 2.45) is 5.73 Å². The molecular weight excluding hydrogens is 160 g/mol. The van der Waals surface area contributed by atoms with E-state index in [2.05, 4.69) is 0 Å². The van der Waals surface area contributed by atoms with E-state index >= 15 is 0 Å². The summed E-state index contributed by atoms with van der Waals surface area (Å²) in [6.07, 6.45) is 1.66. The van der Waals surface area contributed by atoms with Crippen LogP contribution < -0.4 is 5.73 Å². The molecule has 2 heteroatoms. The van der Waals surface area contributed by atoms with Crippen molar-refractivity contribution in [3.8, 4) is 0 Å². The molecule has 1 aromatic carbocycles. The van der Waals surface area contributed by atoms with Gasteiger partial charge in [-0.3, -0.25) is 5.41 Å². The van der Waals surface area contributed by atoms with Crippen LogP contribution in [-0.4, -0.2) is 5.84 Å². The molecule has 68 valence electrons. The van der Waals surface area contributed by atoms with Gasteiger partial charge in [0.15, 0.2) is 0 Å². The van der Waals surface area contributed by atoms with Crippen molar-refractivity contribution >= 4 is 11.4 Å². The highest BCUT2D eigenvalue weighted by atomic mass is 14.7. The maximum atomic E-state index is 7.12. The highest BCUT2D eigenvalue weighted by molar-refractivity contribution is 5.95. The van der Waals surface area contributed by atoms with Crippen molar-refractivity contribution in [1.29, 1.82) is 5.41 Å². The minimum absolute atomic E-state index is 0.0954. The Bertz CT molecular complexity index is 334. The molecule has 0 saturated heterocycles. The first kappa shape index (κ1) is 9.52. The highest BCUT2D eigenvalue weighted by Crippen LogP contribution is 2.13. The zero-order chi connectivity index (χ0) is 9.84. The Morgan fingerprint density at radius 2 is 1.85 bits per heavy atom. The first-order valence-corrected chi connectivity index (χ1v) is 4.19. The molecule has 0 spiro atoms. The third-order valence-electron chi connectivity index (χ3n) is 1.88. The van der Waals surface area contributed by atoms with Crippen LogP contribution in [0, 0.1) is 12.3 Å². The molecule has 1 rings (SSSR count). The van der Waals surface area contributed by atoms with Crippen LogP contribution in [-0.2, 0) is 0 Å². The molecule has 0 amide bonds. The predicted molar refractivity (Wildman–Crippen MR) is 56.7 cm³/mol. The number of nitrogens with one attached hydrogen (secondary N) is 1. The van der Waals surface area contributed by atoms with Gasteiger partial charge in [-0.25, -0.2) is 0 Å². The largest absolute Gasteiger partial charge is 0.384 e. The molecule has 0 fully saturated rings. The van der Waals surface area contributed by atoms with Crippen LogP contribution in [0.25, 0.3) is 5.57 Å². The van der Waals surface area contributed by atoms with Crippen molar-refractivity contribution in [1.82, 2.24) is 0 Å². The average Bonchev–Trinajstić information content (AvgIpc) is 2.04. The lowest BCUT2D eigenvalue weighted by Crippen LogP contribution is -2.05. The molecule has 2 nitrogen and oxygen atoms in total. The first-order chi connectivity index (χ1) is 6.09. The number of hydrogen-bond donors (Lipinski definition) is 2. The zero-order valence-corrected chi connectivity index (χ0v) is 7.96. The van der Waals surface area contributed by atoms with E-state index < -0.39 is 0 Å². The van der Waals surface area contributed by atoms with Crippen molar-refractivity contribution in [2.75, 3.05) is 0 Å². The van der Waals surface area contributed by atoms with Gasteiger partial charge in [0.2, 0.25) is 0 Å². The summed E-state index contributed by atoms with van der Waals surface area (Å²) in [6.45, 7) is 4.00. The summed E-state index contributed by atoms with van der Waals surface area (Å²) < 4.78 is 0. The second-order valence-corrected chi connectivity index (χ2v) is 3.15. The fraction of sp³-hybridized carbons (Fsp3) is 0.182. The van der Waals surface area contributed by atoms with Crippen molar-refractivity contribution in [2.45, 2.75) is 13.8 Å². The number of aryl methyl sites for hydroxylation is 1. The molecule has 0 aliphatic heterocycles. The maximum absolute atomic E-state index is 7.12. The minimum Gasteiger partial charge on any atom is -0.384 e. The Morgan fingerprint density at radius 3 is 2.31 bits per heavy atom. The van der Waals surface area contributed by atoms with Gasteiger partial charge in [-0.2, -0.15) is 0 Å². The monoisotopic (exact) mass is 174 g/mol. The smallest absolute Gasteiger partial charge is 0.115 e. The fourth-order valence-electron chi connectivity index (χ4n) is 1.13. The average molecular weight is 174 g/mol. The van der Waals surface area contributed by atoms with Gasteiger partial charge in [0.05, 0.1) is 0 Å². The molecule has 0 aliphatic rings. The highest BCUT2D eigenvalue weighted by Gasteiger charge is 1.94. The van der Waals surface area contributed by atoms with Gasteiger partial charge in [0, 0.05) is 0 Å². The molecule has 0 unspecified atom stereocenters. The van der Waals surface area contributed by atoms with E-state index in [1.165, 1.54) is 5.56 Å². The summed E-state index contributed by atoms with van der Waals surface area (Å²) in [5, 5.41) is 7.12. The van der Waals surface area contributed by atoms with Crippen LogP contribution in [0.4, 0.5) is 0 Å². The number of rotatable bonds is 2. The molecule has 0 bridgehead atoms. The van der Waals surface area contributed by atoms with Gasteiger partial charge >= 0.3 is 0 Å². The van der Waals surface area contributed by atoms with Crippen molar-refractivity contribution in [3.63, 3.8) is 0 Å². The van der Waals surface area contributed by atoms with Crippen molar-refractivity contribution < 1.29 is 0 Å². The van der Waals surface area contributed by atoms with Crippen molar-refractivity contribution in [3.05, 3.63) is 41.5 Å². The molecule has 13 heavy (non-hydrogen) atoms. The van der Waals surface area contributed by atoms with E-state index in [0.29, 0.717) is 0 Å². The van der Waals surface area contributed by atoms with Crippen LogP contribution in [0.5, 0.6) is 0 Å². The molecule has 3 N–H and O–H groups in total. The Morgan fingerprint density at radius 1 is 1.31 bits per heavy atom. The predicted octanol–water partition coefficient (Wildman–Crippen LogP) is 2.33. The Labute approximate surface area is 78.6 Å².